The van der Waals surface area contributed by atoms with Gasteiger partial charge in [-0.05, 0) is 46.5 Å². The summed E-state index contributed by atoms with van der Waals surface area (Å²) in [5, 5.41) is 4.27. The molecule has 0 amide bonds. The van der Waals surface area contributed by atoms with Gasteiger partial charge >= 0.3 is 0 Å². The summed E-state index contributed by atoms with van der Waals surface area (Å²) in [6.45, 7) is 2.15. The van der Waals surface area contributed by atoms with Crippen molar-refractivity contribution in [1.82, 2.24) is 0 Å². The van der Waals surface area contributed by atoms with Crippen LogP contribution in [0.1, 0.15) is 18.1 Å². The maximum atomic E-state index is 5.03. The van der Waals surface area contributed by atoms with E-state index >= 15 is 0 Å². The van der Waals surface area contributed by atoms with Crippen molar-refractivity contribution in [3.63, 3.8) is 0 Å². The third kappa shape index (κ3) is 2.11. The smallest absolute Gasteiger partial charge is 0.0181 e. The Labute approximate surface area is 103 Å². The Kier molecular flexibility index (Phi) is 3.17. The zero-order valence-electron chi connectivity index (χ0n) is 8.46. The van der Waals surface area contributed by atoms with Crippen LogP contribution in [0, 0.1) is 0 Å². The summed E-state index contributed by atoms with van der Waals surface area (Å²) in [6.07, 6.45) is 1.02. The van der Waals surface area contributed by atoms with Gasteiger partial charge in [0.25, 0.3) is 0 Å². The molecule has 0 radical (unpaired) electrons. The van der Waals surface area contributed by atoms with E-state index in [0.29, 0.717) is 0 Å². The summed E-state index contributed by atoms with van der Waals surface area (Å²) < 4.78 is 1.12. The highest BCUT2D eigenvalue weighted by Crippen LogP contribution is 2.23. The van der Waals surface area contributed by atoms with Crippen LogP contribution >= 0.6 is 28.1 Å². The zero-order chi connectivity index (χ0) is 10.8. The predicted molar refractivity (Wildman–Crippen MR) is 73.8 cm³/mol. The second kappa shape index (κ2) is 4.42. The molecule has 0 aliphatic heterocycles. The van der Waals surface area contributed by atoms with E-state index in [1.54, 1.807) is 5.37 Å². The van der Waals surface area contributed by atoms with Crippen LogP contribution in [0.5, 0.6) is 0 Å². The highest BCUT2D eigenvalue weighted by Gasteiger charge is 2.01. The molecular weight excluding hydrogens is 268 g/mol. The van der Waals surface area contributed by atoms with Crippen LogP contribution < -0.4 is 0 Å². The Morgan fingerprint density at radius 2 is 2.00 bits per heavy atom. The Balaban J connectivity index is 2.75. The fraction of sp³-hybridized carbons (Fsp3) is 0.154. The standard InChI is InChI=1S/C13H11BrS/c1-2-9-5-11-7-13(14)4-3-10(11)6-12(9)8-15/h3-8H,2H2,1H3. The lowest BCUT2D eigenvalue weighted by atomic mass is 10.0. The lowest BCUT2D eigenvalue weighted by molar-refractivity contribution is 1.14. The SMILES string of the molecule is CCc1cc2cc(Br)ccc2cc1C=S. The van der Waals surface area contributed by atoms with Gasteiger partial charge in [-0.3, -0.25) is 0 Å². The van der Waals surface area contributed by atoms with Gasteiger partial charge in [0.2, 0.25) is 0 Å². The van der Waals surface area contributed by atoms with Crippen LogP contribution in [-0.2, 0) is 6.42 Å². The number of thiocarbonyl (C=S) groups is 1. The quantitative estimate of drug-likeness (QED) is 0.729. The average Bonchev–Trinajstić information content (AvgIpc) is 2.27. The van der Waals surface area contributed by atoms with Crippen molar-refractivity contribution in [3.05, 3.63) is 45.9 Å². The molecule has 0 aromatic heterocycles. The van der Waals surface area contributed by atoms with Gasteiger partial charge in [0.05, 0.1) is 0 Å². The predicted octanol–water partition coefficient (Wildman–Crippen LogP) is 4.51. The molecule has 0 bridgehead atoms. The van der Waals surface area contributed by atoms with Crippen molar-refractivity contribution >= 4 is 44.3 Å². The molecule has 0 spiro atoms. The molecule has 0 atom stereocenters. The van der Waals surface area contributed by atoms with Crippen LogP contribution in [0.4, 0.5) is 0 Å². The number of benzene rings is 2. The van der Waals surface area contributed by atoms with Crippen molar-refractivity contribution in [3.8, 4) is 0 Å². The normalized spacial score (nSPS) is 10.5. The third-order valence-corrected chi connectivity index (χ3v) is 3.32. The summed E-state index contributed by atoms with van der Waals surface area (Å²) in [6, 6.07) is 10.7. The fourth-order valence-electron chi connectivity index (χ4n) is 1.75. The third-order valence-electron chi connectivity index (χ3n) is 2.57. The van der Waals surface area contributed by atoms with Gasteiger partial charge in [-0.1, -0.05) is 47.2 Å². The Morgan fingerprint density at radius 1 is 1.20 bits per heavy atom. The molecule has 15 heavy (non-hydrogen) atoms. The van der Waals surface area contributed by atoms with Gasteiger partial charge in [0.1, 0.15) is 0 Å². The van der Waals surface area contributed by atoms with E-state index in [1.807, 2.05) is 0 Å². The highest BCUT2D eigenvalue weighted by molar-refractivity contribution is 9.10. The molecule has 0 unspecified atom stereocenters. The number of hydrogen-bond donors (Lipinski definition) is 0. The van der Waals surface area contributed by atoms with Crippen molar-refractivity contribution < 1.29 is 0 Å². The fourth-order valence-corrected chi connectivity index (χ4v) is 2.35. The molecule has 0 saturated heterocycles. The summed E-state index contributed by atoms with van der Waals surface area (Å²) in [5.74, 6) is 0. The first-order valence-corrected chi connectivity index (χ1v) is 6.18. The van der Waals surface area contributed by atoms with Crippen LogP contribution in [0.15, 0.2) is 34.8 Å². The maximum Gasteiger partial charge on any atom is 0.0181 e. The van der Waals surface area contributed by atoms with Crippen LogP contribution in [0.3, 0.4) is 0 Å². The van der Waals surface area contributed by atoms with Crippen molar-refractivity contribution in [2.45, 2.75) is 13.3 Å². The molecule has 0 aliphatic rings. The molecule has 0 aliphatic carbocycles. The van der Waals surface area contributed by atoms with Gasteiger partial charge in [-0.25, -0.2) is 0 Å². The lowest BCUT2D eigenvalue weighted by Crippen LogP contribution is -1.90. The largest absolute Gasteiger partial charge is 0.0881 e. The Bertz CT molecular complexity index is 517. The zero-order valence-corrected chi connectivity index (χ0v) is 10.9. The highest BCUT2D eigenvalue weighted by atomic mass is 79.9. The van der Waals surface area contributed by atoms with Gasteiger partial charge in [-0.15, -0.1) is 0 Å². The molecule has 0 N–H and O–H groups in total. The van der Waals surface area contributed by atoms with Crippen LogP contribution in [-0.4, -0.2) is 5.37 Å². The summed E-state index contributed by atoms with van der Waals surface area (Å²) in [4.78, 5) is 0. The van der Waals surface area contributed by atoms with E-state index in [-0.39, 0.29) is 0 Å². The second-order valence-corrected chi connectivity index (χ2v) is 4.67. The number of rotatable bonds is 2. The van der Waals surface area contributed by atoms with Crippen molar-refractivity contribution in [2.75, 3.05) is 0 Å². The molecule has 2 aromatic carbocycles. The van der Waals surface area contributed by atoms with Crippen LogP contribution in [0.2, 0.25) is 0 Å². The minimum absolute atomic E-state index is 1.02. The van der Waals surface area contributed by atoms with Crippen molar-refractivity contribution in [2.24, 2.45) is 0 Å². The second-order valence-electron chi connectivity index (χ2n) is 3.51. The van der Waals surface area contributed by atoms with Gasteiger partial charge in [0, 0.05) is 9.84 Å². The molecule has 0 saturated carbocycles. The molecule has 2 rings (SSSR count). The summed E-state index contributed by atoms with van der Waals surface area (Å²) in [7, 11) is 0. The average molecular weight is 279 g/mol. The maximum absolute atomic E-state index is 5.03. The van der Waals surface area contributed by atoms with E-state index in [4.69, 9.17) is 12.2 Å². The number of halogens is 1. The minimum atomic E-state index is 1.02. The van der Waals surface area contributed by atoms with Crippen molar-refractivity contribution in [1.29, 1.82) is 0 Å². The Hall–Kier alpha value is -0.730. The summed E-state index contributed by atoms with van der Waals surface area (Å²) in [5.41, 5.74) is 2.48. The minimum Gasteiger partial charge on any atom is -0.0881 e. The molecule has 0 fully saturated rings. The number of hydrogen-bond acceptors (Lipinski definition) is 1. The molecule has 0 nitrogen and oxygen atoms in total. The van der Waals surface area contributed by atoms with E-state index in [1.165, 1.54) is 21.9 Å². The molecule has 76 valence electrons. The molecule has 2 aromatic rings. The first-order chi connectivity index (χ1) is 7.24. The summed E-state index contributed by atoms with van der Waals surface area (Å²) >= 11 is 8.51. The number of fused-ring (bicyclic) bond motifs is 1. The molecular formula is C13H11BrS. The van der Waals surface area contributed by atoms with E-state index in [2.05, 4.69) is 53.2 Å². The first-order valence-electron chi connectivity index (χ1n) is 4.92. The van der Waals surface area contributed by atoms with Gasteiger partial charge in [-0.2, -0.15) is 0 Å². The first kappa shape index (κ1) is 10.8. The molecule has 2 heteroatoms. The monoisotopic (exact) mass is 278 g/mol. The van der Waals surface area contributed by atoms with E-state index in [9.17, 15) is 0 Å². The lowest BCUT2D eigenvalue weighted by Gasteiger charge is -2.06. The Morgan fingerprint density at radius 3 is 2.67 bits per heavy atom. The molecule has 0 heterocycles. The number of aryl methyl sites for hydroxylation is 1. The van der Waals surface area contributed by atoms with E-state index < -0.39 is 0 Å². The van der Waals surface area contributed by atoms with Gasteiger partial charge < -0.3 is 0 Å². The van der Waals surface area contributed by atoms with E-state index in [0.717, 1.165) is 10.9 Å². The topological polar surface area (TPSA) is 0 Å². The van der Waals surface area contributed by atoms with Gasteiger partial charge in [0.15, 0.2) is 0 Å². The van der Waals surface area contributed by atoms with Crippen LogP contribution in [0.25, 0.3) is 10.8 Å².